The zero-order valence-corrected chi connectivity index (χ0v) is 8.16. The second-order valence-corrected chi connectivity index (χ2v) is 4.11. The van der Waals surface area contributed by atoms with E-state index in [0.717, 1.165) is 10.9 Å². The number of aromatic carboxylic acids is 1. The summed E-state index contributed by atoms with van der Waals surface area (Å²) in [5, 5.41) is 9.86. The third-order valence-electron chi connectivity index (χ3n) is 2.91. The van der Waals surface area contributed by atoms with Crippen molar-refractivity contribution in [2.45, 2.75) is 18.8 Å². The zero-order valence-electron chi connectivity index (χ0n) is 8.16. The standard InChI is InChI=1S/C12H11NO2/c14-12(15)8-3-4-10-9(5-8)6-11(13-10)7-1-2-7/h3-7,13H,1-2H2,(H,14,15). The van der Waals surface area contributed by atoms with E-state index in [4.69, 9.17) is 5.11 Å². The van der Waals surface area contributed by atoms with Crippen LogP contribution in [0.4, 0.5) is 0 Å². The number of carbonyl (C=O) groups is 1. The van der Waals surface area contributed by atoms with Crippen LogP contribution in [0.15, 0.2) is 24.3 Å². The first-order chi connectivity index (χ1) is 7.24. The van der Waals surface area contributed by atoms with Crippen molar-refractivity contribution in [2.75, 3.05) is 0 Å². The summed E-state index contributed by atoms with van der Waals surface area (Å²) in [6.45, 7) is 0. The van der Waals surface area contributed by atoms with Crippen molar-refractivity contribution in [1.82, 2.24) is 4.98 Å². The van der Waals surface area contributed by atoms with Crippen molar-refractivity contribution in [3.8, 4) is 0 Å². The minimum absolute atomic E-state index is 0.351. The van der Waals surface area contributed by atoms with Crippen LogP contribution >= 0.6 is 0 Å². The fraction of sp³-hybridized carbons (Fsp3) is 0.250. The molecule has 0 radical (unpaired) electrons. The van der Waals surface area contributed by atoms with Gasteiger partial charge < -0.3 is 10.1 Å². The summed E-state index contributed by atoms with van der Waals surface area (Å²) in [5.74, 6) is -0.197. The molecule has 1 aromatic heterocycles. The van der Waals surface area contributed by atoms with E-state index in [1.165, 1.54) is 18.5 Å². The van der Waals surface area contributed by atoms with Gasteiger partial charge in [-0.25, -0.2) is 4.79 Å². The van der Waals surface area contributed by atoms with Crippen molar-refractivity contribution >= 4 is 16.9 Å². The monoisotopic (exact) mass is 201 g/mol. The largest absolute Gasteiger partial charge is 0.478 e. The quantitative estimate of drug-likeness (QED) is 0.784. The van der Waals surface area contributed by atoms with Crippen molar-refractivity contribution < 1.29 is 9.90 Å². The number of hydrogen-bond donors (Lipinski definition) is 2. The number of aromatic amines is 1. The van der Waals surface area contributed by atoms with Crippen molar-refractivity contribution in [2.24, 2.45) is 0 Å². The molecular weight excluding hydrogens is 190 g/mol. The predicted molar refractivity (Wildman–Crippen MR) is 57.2 cm³/mol. The molecule has 76 valence electrons. The van der Waals surface area contributed by atoms with E-state index >= 15 is 0 Å². The maximum Gasteiger partial charge on any atom is 0.335 e. The first-order valence-electron chi connectivity index (χ1n) is 5.10. The highest BCUT2D eigenvalue weighted by Gasteiger charge is 2.25. The molecule has 3 heteroatoms. The smallest absolute Gasteiger partial charge is 0.335 e. The molecule has 1 saturated carbocycles. The molecule has 15 heavy (non-hydrogen) atoms. The zero-order chi connectivity index (χ0) is 10.4. The number of benzene rings is 1. The van der Waals surface area contributed by atoms with Crippen molar-refractivity contribution in [3.05, 3.63) is 35.5 Å². The summed E-state index contributed by atoms with van der Waals surface area (Å²) in [4.78, 5) is 14.1. The lowest BCUT2D eigenvalue weighted by molar-refractivity contribution is 0.0697. The maximum absolute atomic E-state index is 10.8. The van der Waals surface area contributed by atoms with Gasteiger partial charge in [-0.1, -0.05) is 0 Å². The molecule has 1 heterocycles. The Morgan fingerprint density at radius 2 is 2.13 bits per heavy atom. The highest BCUT2D eigenvalue weighted by Crippen LogP contribution is 2.40. The average molecular weight is 201 g/mol. The highest BCUT2D eigenvalue weighted by molar-refractivity contribution is 5.93. The number of carboxylic acid groups (broad SMARTS) is 1. The van der Waals surface area contributed by atoms with Crippen LogP contribution in [0.1, 0.15) is 34.8 Å². The maximum atomic E-state index is 10.8. The van der Waals surface area contributed by atoms with Gasteiger partial charge in [-0.05, 0) is 43.0 Å². The summed E-state index contributed by atoms with van der Waals surface area (Å²) in [6.07, 6.45) is 2.50. The molecule has 0 atom stereocenters. The Hall–Kier alpha value is -1.77. The van der Waals surface area contributed by atoms with Crippen LogP contribution in [-0.4, -0.2) is 16.1 Å². The number of aromatic nitrogens is 1. The van der Waals surface area contributed by atoms with E-state index in [1.54, 1.807) is 12.1 Å². The Kier molecular flexibility index (Phi) is 1.63. The van der Waals surface area contributed by atoms with Gasteiger partial charge in [0.2, 0.25) is 0 Å². The van der Waals surface area contributed by atoms with Gasteiger partial charge in [0.25, 0.3) is 0 Å². The normalized spacial score (nSPS) is 15.7. The van der Waals surface area contributed by atoms with Crippen LogP contribution in [0, 0.1) is 0 Å². The Balaban J connectivity index is 2.13. The van der Waals surface area contributed by atoms with Gasteiger partial charge in [-0.3, -0.25) is 0 Å². The molecule has 2 N–H and O–H groups in total. The van der Waals surface area contributed by atoms with Crippen LogP contribution in [0.25, 0.3) is 10.9 Å². The van der Waals surface area contributed by atoms with Gasteiger partial charge in [0, 0.05) is 16.6 Å². The minimum atomic E-state index is -0.869. The second kappa shape index (κ2) is 2.86. The third kappa shape index (κ3) is 1.40. The molecule has 1 aliphatic carbocycles. The number of carboxylic acids is 1. The summed E-state index contributed by atoms with van der Waals surface area (Å²) in [6, 6.07) is 7.27. The first-order valence-corrected chi connectivity index (χ1v) is 5.10. The Bertz CT molecular complexity index is 538. The molecule has 3 nitrogen and oxygen atoms in total. The molecule has 0 aliphatic heterocycles. The molecule has 2 aromatic rings. The molecule has 0 amide bonds. The van der Waals surface area contributed by atoms with E-state index in [9.17, 15) is 4.79 Å². The lowest BCUT2D eigenvalue weighted by Crippen LogP contribution is -1.94. The lowest BCUT2D eigenvalue weighted by Gasteiger charge is -1.93. The van der Waals surface area contributed by atoms with Gasteiger partial charge in [-0.15, -0.1) is 0 Å². The van der Waals surface area contributed by atoms with Gasteiger partial charge in [0.1, 0.15) is 0 Å². The van der Waals surface area contributed by atoms with Crippen LogP contribution in [0.2, 0.25) is 0 Å². The second-order valence-electron chi connectivity index (χ2n) is 4.11. The fourth-order valence-corrected chi connectivity index (χ4v) is 1.90. The van der Waals surface area contributed by atoms with Gasteiger partial charge in [0.05, 0.1) is 5.56 Å². The molecule has 3 rings (SSSR count). The molecule has 0 spiro atoms. The molecule has 0 bridgehead atoms. The summed E-state index contributed by atoms with van der Waals surface area (Å²) < 4.78 is 0. The summed E-state index contributed by atoms with van der Waals surface area (Å²) in [7, 11) is 0. The molecule has 0 unspecified atom stereocenters. The van der Waals surface area contributed by atoms with Gasteiger partial charge >= 0.3 is 5.97 Å². The fourth-order valence-electron chi connectivity index (χ4n) is 1.90. The number of fused-ring (bicyclic) bond motifs is 1. The van der Waals surface area contributed by atoms with Crippen LogP contribution < -0.4 is 0 Å². The van der Waals surface area contributed by atoms with Gasteiger partial charge in [0.15, 0.2) is 0 Å². The van der Waals surface area contributed by atoms with E-state index < -0.39 is 5.97 Å². The third-order valence-corrected chi connectivity index (χ3v) is 2.91. The molecule has 1 aliphatic rings. The van der Waals surface area contributed by atoms with Crippen molar-refractivity contribution in [3.63, 3.8) is 0 Å². The van der Waals surface area contributed by atoms with E-state index in [2.05, 4.69) is 11.1 Å². The number of H-pyrrole nitrogens is 1. The first kappa shape index (κ1) is 8.53. The molecule has 1 aromatic carbocycles. The minimum Gasteiger partial charge on any atom is -0.478 e. The van der Waals surface area contributed by atoms with E-state index in [1.807, 2.05) is 6.07 Å². The SMILES string of the molecule is O=C(O)c1ccc2[nH]c(C3CC3)cc2c1. The topological polar surface area (TPSA) is 53.1 Å². The van der Waals surface area contributed by atoms with Crippen LogP contribution in [0.3, 0.4) is 0 Å². The highest BCUT2D eigenvalue weighted by atomic mass is 16.4. The van der Waals surface area contributed by atoms with Crippen LogP contribution in [0.5, 0.6) is 0 Å². The predicted octanol–water partition coefficient (Wildman–Crippen LogP) is 2.74. The number of hydrogen-bond acceptors (Lipinski definition) is 1. The summed E-state index contributed by atoms with van der Waals surface area (Å²) >= 11 is 0. The Morgan fingerprint density at radius 3 is 2.80 bits per heavy atom. The van der Waals surface area contributed by atoms with E-state index in [-0.39, 0.29) is 0 Å². The molecule has 1 fully saturated rings. The number of nitrogens with one attached hydrogen (secondary N) is 1. The van der Waals surface area contributed by atoms with E-state index in [0.29, 0.717) is 11.5 Å². The Labute approximate surface area is 86.7 Å². The lowest BCUT2D eigenvalue weighted by atomic mass is 10.1. The number of rotatable bonds is 2. The van der Waals surface area contributed by atoms with Crippen LogP contribution in [-0.2, 0) is 0 Å². The Morgan fingerprint density at radius 1 is 1.33 bits per heavy atom. The van der Waals surface area contributed by atoms with Gasteiger partial charge in [-0.2, -0.15) is 0 Å². The molecular formula is C12H11NO2. The van der Waals surface area contributed by atoms with Crippen molar-refractivity contribution in [1.29, 1.82) is 0 Å². The molecule has 0 saturated heterocycles. The average Bonchev–Trinajstić information content (AvgIpc) is 2.97. The summed E-state index contributed by atoms with van der Waals surface area (Å²) in [5.41, 5.74) is 2.62.